The summed E-state index contributed by atoms with van der Waals surface area (Å²) in [5.41, 5.74) is 2.01. The van der Waals surface area contributed by atoms with Gasteiger partial charge in [-0.25, -0.2) is 4.98 Å². The summed E-state index contributed by atoms with van der Waals surface area (Å²) < 4.78 is 10.9. The van der Waals surface area contributed by atoms with E-state index in [1.165, 1.54) is 6.92 Å². The van der Waals surface area contributed by atoms with Gasteiger partial charge in [-0.05, 0) is 31.2 Å². The first-order valence-corrected chi connectivity index (χ1v) is 8.55. The van der Waals surface area contributed by atoms with Crippen molar-refractivity contribution in [1.82, 2.24) is 4.98 Å². The highest BCUT2D eigenvalue weighted by Gasteiger charge is 2.10. The lowest BCUT2D eigenvalue weighted by Crippen LogP contribution is -2.12. The van der Waals surface area contributed by atoms with Crippen molar-refractivity contribution in [2.75, 3.05) is 12.4 Å². The Hall–Kier alpha value is -3.41. The third-order valence-corrected chi connectivity index (χ3v) is 4.03. The van der Waals surface area contributed by atoms with E-state index in [4.69, 9.17) is 9.15 Å². The van der Waals surface area contributed by atoms with Crippen LogP contribution in [0.3, 0.4) is 0 Å². The number of rotatable bonds is 7. The van der Waals surface area contributed by atoms with Gasteiger partial charge in [0.1, 0.15) is 5.75 Å². The smallest absolute Gasteiger partial charge is 0.224 e. The van der Waals surface area contributed by atoms with Crippen LogP contribution in [0, 0.1) is 0 Å². The minimum Gasteiger partial charge on any atom is -0.497 e. The summed E-state index contributed by atoms with van der Waals surface area (Å²) in [6, 6.07) is 14.3. The minimum absolute atomic E-state index is 0.0454. The normalized spacial score (nSPS) is 10.4. The van der Waals surface area contributed by atoms with E-state index >= 15 is 0 Å². The third kappa shape index (κ3) is 4.82. The molecule has 3 rings (SSSR count). The second-order valence-electron chi connectivity index (χ2n) is 6.04. The molecule has 0 aliphatic carbocycles. The number of carbonyl (C=O) groups is 2. The molecule has 1 heterocycles. The van der Waals surface area contributed by atoms with Crippen molar-refractivity contribution in [3.05, 3.63) is 66.2 Å². The van der Waals surface area contributed by atoms with E-state index in [9.17, 15) is 9.59 Å². The average molecular weight is 364 g/mol. The number of hydrogen-bond donors (Lipinski definition) is 1. The quantitative estimate of drug-likeness (QED) is 0.638. The van der Waals surface area contributed by atoms with Crippen molar-refractivity contribution in [3.63, 3.8) is 0 Å². The number of anilines is 1. The first kappa shape index (κ1) is 18.4. The second kappa shape index (κ2) is 8.31. The van der Waals surface area contributed by atoms with Crippen LogP contribution >= 0.6 is 0 Å². The van der Waals surface area contributed by atoms with Crippen molar-refractivity contribution < 1.29 is 18.7 Å². The van der Waals surface area contributed by atoms with Crippen LogP contribution in [0.4, 0.5) is 5.69 Å². The molecule has 1 N–H and O–H groups in total. The van der Waals surface area contributed by atoms with Gasteiger partial charge in [0.2, 0.25) is 5.91 Å². The summed E-state index contributed by atoms with van der Waals surface area (Å²) in [7, 11) is 1.61. The SMILES string of the molecule is COc1cccc(-c2cnc(CCC(=O)Nc3cccc(C(C)=O)c3)o2)c1. The molecule has 138 valence electrons. The fourth-order valence-corrected chi connectivity index (χ4v) is 2.60. The maximum Gasteiger partial charge on any atom is 0.224 e. The first-order valence-electron chi connectivity index (χ1n) is 8.55. The second-order valence-corrected chi connectivity index (χ2v) is 6.04. The molecule has 0 aliphatic heterocycles. The fraction of sp³-hybridized carbons (Fsp3) is 0.190. The number of nitrogens with one attached hydrogen (secondary N) is 1. The monoisotopic (exact) mass is 364 g/mol. The molecule has 27 heavy (non-hydrogen) atoms. The average Bonchev–Trinajstić information content (AvgIpc) is 3.16. The van der Waals surface area contributed by atoms with Crippen LogP contribution in [0.5, 0.6) is 5.75 Å². The zero-order valence-corrected chi connectivity index (χ0v) is 15.2. The first-order chi connectivity index (χ1) is 13.0. The number of aryl methyl sites for hydroxylation is 1. The Bertz CT molecular complexity index is 962. The molecule has 0 spiro atoms. The molecule has 1 aromatic heterocycles. The van der Waals surface area contributed by atoms with Crippen LogP contribution in [0.1, 0.15) is 29.6 Å². The Morgan fingerprint density at radius 2 is 1.96 bits per heavy atom. The summed E-state index contributed by atoms with van der Waals surface area (Å²) in [6.07, 6.45) is 2.24. The molecule has 2 aromatic carbocycles. The Labute approximate surface area is 157 Å². The van der Waals surface area contributed by atoms with Gasteiger partial charge in [0.15, 0.2) is 17.4 Å². The molecule has 0 radical (unpaired) electrons. The zero-order chi connectivity index (χ0) is 19.2. The number of benzene rings is 2. The number of carbonyl (C=O) groups excluding carboxylic acids is 2. The highest BCUT2D eigenvalue weighted by Crippen LogP contribution is 2.24. The number of oxazole rings is 1. The summed E-state index contributed by atoms with van der Waals surface area (Å²) in [6.45, 7) is 1.49. The van der Waals surface area contributed by atoms with Crippen molar-refractivity contribution in [2.24, 2.45) is 0 Å². The largest absolute Gasteiger partial charge is 0.497 e. The van der Waals surface area contributed by atoms with Crippen LogP contribution in [-0.2, 0) is 11.2 Å². The Morgan fingerprint density at radius 3 is 2.74 bits per heavy atom. The number of amides is 1. The maximum absolute atomic E-state index is 12.1. The lowest BCUT2D eigenvalue weighted by Gasteiger charge is -2.05. The van der Waals surface area contributed by atoms with Gasteiger partial charge in [0.05, 0.1) is 13.3 Å². The number of aromatic nitrogens is 1. The number of ether oxygens (including phenoxy) is 1. The van der Waals surface area contributed by atoms with Crippen LogP contribution in [-0.4, -0.2) is 23.8 Å². The van der Waals surface area contributed by atoms with Crippen LogP contribution < -0.4 is 10.1 Å². The number of nitrogens with zero attached hydrogens (tertiary/aromatic N) is 1. The Morgan fingerprint density at radius 1 is 1.15 bits per heavy atom. The molecule has 0 aliphatic rings. The molecule has 0 unspecified atom stereocenters. The lowest BCUT2D eigenvalue weighted by molar-refractivity contribution is -0.116. The van der Waals surface area contributed by atoms with Crippen molar-refractivity contribution in [1.29, 1.82) is 0 Å². The van der Waals surface area contributed by atoms with Crippen molar-refractivity contribution in [2.45, 2.75) is 19.8 Å². The van der Waals surface area contributed by atoms with Gasteiger partial charge in [0.25, 0.3) is 0 Å². The van der Waals surface area contributed by atoms with E-state index in [1.807, 2.05) is 24.3 Å². The molecular weight excluding hydrogens is 344 g/mol. The topological polar surface area (TPSA) is 81.4 Å². The fourth-order valence-electron chi connectivity index (χ4n) is 2.60. The number of Topliss-reactive ketones (excluding diaryl/α,β-unsaturated/α-hetero) is 1. The number of methoxy groups -OCH3 is 1. The molecular formula is C21H20N2O4. The van der Waals surface area contributed by atoms with E-state index < -0.39 is 0 Å². The van der Waals surface area contributed by atoms with E-state index in [2.05, 4.69) is 10.3 Å². The van der Waals surface area contributed by atoms with Crippen LogP contribution in [0.25, 0.3) is 11.3 Å². The molecule has 0 atom stereocenters. The molecule has 0 saturated carbocycles. The molecule has 0 fully saturated rings. The molecule has 1 amide bonds. The van der Waals surface area contributed by atoms with Crippen LogP contribution in [0.15, 0.2) is 59.1 Å². The predicted octanol–water partition coefficient (Wildman–Crippen LogP) is 4.12. The van der Waals surface area contributed by atoms with Gasteiger partial charge in [-0.3, -0.25) is 9.59 Å². The summed E-state index contributed by atoms with van der Waals surface area (Å²) >= 11 is 0. The summed E-state index contributed by atoms with van der Waals surface area (Å²) in [5, 5.41) is 2.78. The summed E-state index contributed by atoms with van der Waals surface area (Å²) in [5.74, 6) is 1.63. The van der Waals surface area contributed by atoms with Gasteiger partial charge in [-0.1, -0.05) is 24.3 Å². The van der Waals surface area contributed by atoms with Crippen LogP contribution in [0.2, 0.25) is 0 Å². The number of ketones is 1. The van der Waals surface area contributed by atoms with Crippen molar-refractivity contribution in [3.8, 4) is 17.1 Å². The van der Waals surface area contributed by atoms with E-state index in [1.54, 1.807) is 37.6 Å². The molecule has 0 bridgehead atoms. The highest BCUT2D eigenvalue weighted by molar-refractivity contribution is 5.97. The maximum atomic E-state index is 12.1. The molecule has 3 aromatic rings. The molecule has 6 nitrogen and oxygen atoms in total. The van der Waals surface area contributed by atoms with E-state index in [0.717, 1.165) is 11.3 Å². The van der Waals surface area contributed by atoms with Gasteiger partial charge < -0.3 is 14.5 Å². The van der Waals surface area contributed by atoms with Gasteiger partial charge >= 0.3 is 0 Å². The van der Waals surface area contributed by atoms with Gasteiger partial charge in [0, 0.05) is 29.7 Å². The van der Waals surface area contributed by atoms with Crippen molar-refractivity contribution >= 4 is 17.4 Å². The lowest BCUT2D eigenvalue weighted by atomic mass is 10.1. The summed E-state index contributed by atoms with van der Waals surface area (Å²) in [4.78, 5) is 27.8. The van der Waals surface area contributed by atoms with E-state index in [-0.39, 0.29) is 18.1 Å². The Kier molecular flexibility index (Phi) is 5.66. The minimum atomic E-state index is -0.170. The van der Waals surface area contributed by atoms with Gasteiger partial charge in [-0.15, -0.1) is 0 Å². The third-order valence-electron chi connectivity index (χ3n) is 4.03. The molecule has 6 heteroatoms. The Balaban J connectivity index is 1.59. The highest BCUT2D eigenvalue weighted by atomic mass is 16.5. The van der Waals surface area contributed by atoms with E-state index in [0.29, 0.717) is 29.3 Å². The van der Waals surface area contributed by atoms with Gasteiger partial charge in [-0.2, -0.15) is 0 Å². The predicted molar refractivity (Wildman–Crippen MR) is 102 cm³/mol. The standard InChI is InChI=1S/C21H20N2O4/c1-14(24)15-5-3-7-17(11-15)23-20(25)9-10-21-22-13-19(27-21)16-6-4-8-18(12-16)26-2/h3-8,11-13H,9-10H2,1-2H3,(H,23,25). The number of hydrogen-bond acceptors (Lipinski definition) is 5. The zero-order valence-electron chi connectivity index (χ0n) is 15.2. The molecule has 0 saturated heterocycles.